The van der Waals surface area contributed by atoms with Gasteiger partial charge in [0.1, 0.15) is 17.2 Å². The maximum absolute atomic E-state index is 15.4. The smallest absolute Gasteiger partial charge is 0.465 e. The van der Waals surface area contributed by atoms with Gasteiger partial charge in [0, 0.05) is 23.4 Å². The standard InChI is InChI=1S/C24H31BF4N4O4/c1-8-13(9-2)31-19-16(24(27,28)29)12-30-21(33-19)32-14-10-15(20(34)35-7)18(17(26)11-14)25-36-22(3,4)23(5,6)37-25/h10-13H,8-9H2,1-7H3,(H2,30,31,32,33). The van der Waals surface area contributed by atoms with Gasteiger partial charge < -0.3 is 24.7 Å². The molecule has 3 rings (SSSR count). The minimum Gasteiger partial charge on any atom is -0.465 e. The van der Waals surface area contributed by atoms with E-state index < -0.39 is 47.7 Å². The van der Waals surface area contributed by atoms with Crippen LogP contribution in [0, 0.1) is 5.82 Å². The zero-order valence-electron chi connectivity index (χ0n) is 21.8. The quantitative estimate of drug-likeness (QED) is 0.280. The predicted molar refractivity (Wildman–Crippen MR) is 132 cm³/mol. The Bertz CT molecular complexity index is 1140. The molecule has 2 aromatic rings. The minimum absolute atomic E-state index is 0.0198. The zero-order chi connectivity index (χ0) is 27.8. The molecule has 0 saturated carbocycles. The molecular weight excluding hydrogens is 495 g/mol. The summed E-state index contributed by atoms with van der Waals surface area (Å²) in [4.78, 5) is 20.3. The summed E-state index contributed by atoms with van der Waals surface area (Å²) in [5.41, 5.74) is -2.92. The number of aromatic nitrogens is 2. The highest BCUT2D eigenvalue weighted by Gasteiger charge is 2.53. The highest BCUT2D eigenvalue weighted by Crippen LogP contribution is 2.38. The van der Waals surface area contributed by atoms with Gasteiger partial charge in [-0.1, -0.05) is 13.8 Å². The molecule has 202 valence electrons. The molecule has 0 atom stereocenters. The van der Waals surface area contributed by atoms with Gasteiger partial charge in [0.05, 0.1) is 23.9 Å². The summed E-state index contributed by atoms with van der Waals surface area (Å²) in [6.45, 7) is 10.8. The van der Waals surface area contributed by atoms with Gasteiger partial charge >= 0.3 is 19.3 Å². The molecule has 1 aromatic carbocycles. The number of ether oxygens (including phenoxy) is 1. The Hall–Kier alpha value is -2.93. The molecule has 1 fully saturated rings. The van der Waals surface area contributed by atoms with Crippen molar-refractivity contribution in [2.75, 3.05) is 17.7 Å². The first-order valence-electron chi connectivity index (χ1n) is 11.9. The van der Waals surface area contributed by atoms with Crippen LogP contribution in [0.4, 0.5) is 35.0 Å². The van der Waals surface area contributed by atoms with Crippen LogP contribution in [0.1, 0.15) is 70.3 Å². The van der Waals surface area contributed by atoms with Crippen molar-refractivity contribution in [1.82, 2.24) is 9.97 Å². The second-order valence-corrected chi connectivity index (χ2v) is 9.74. The van der Waals surface area contributed by atoms with Gasteiger partial charge in [0.25, 0.3) is 0 Å². The molecule has 0 amide bonds. The normalized spacial score (nSPS) is 16.7. The van der Waals surface area contributed by atoms with Crippen LogP contribution >= 0.6 is 0 Å². The molecule has 8 nitrogen and oxygen atoms in total. The minimum atomic E-state index is -4.68. The van der Waals surface area contributed by atoms with Crippen molar-refractivity contribution in [3.63, 3.8) is 0 Å². The fourth-order valence-electron chi connectivity index (χ4n) is 3.74. The number of esters is 1. The van der Waals surface area contributed by atoms with Crippen molar-refractivity contribution in [1.29, 1.82) is 0 Å². The molecule has 1 aromatic heterocycles. The van der Waals surface area contributed by atoms with Crippen molar-refractivity contribution in [3.05, 3.63) is 35.3 Å². The molecule has 1 saturated heterocycles. The van der Waals surface area contributed by atoms with E-state index in [1.165, 1.54) is 6.07 Å². The van der Waals surface area contributed by atoms with Crippen molar-refractivity contribution >= 4 is 36.0 Å². The van der Waals surface area contributed by atoms with E-state index in [0.717, 1.165) is 13.2 Å². The lowest BCUT2D eigenvalue weighted by atomic mass is 9.75. The maximum atomic E-state index is 15.4. The second-order valence-electron chi connectivity index (χ2n) is 9.74. The predicted octanol–water partition coefficient (Wildman–Crippen LogP) is 5.06. The maximum Gasteiger partial charge on any atom is 0.498 e. The molecule has 0 bridgehead atoms. The number of nitrogens with one attached hydrogen (secondary N) is 2. The van der Waals surface area contributed by atoms with Crippen molar-refractivity contribution < 1.29 is 36.4 Å². The molecule has 0 unspecified atom stereocenters. The Morgan fingerprint density at radius 3 is 2.24 bits per heavy atom. The van der Waals surface area contributed by atoms with Crippen LogP contribution in [-0.4, -0.2) is 47.4 Å². The summed E-state index contributed by atoms with van der Waals surface area (Å²) in [5, 5.41) is 5.48. The number of anilines is 3. The SMILES string of the molecule is CCC(CC)Nc1nc(Nc2cc(F)c(B3OC(C)(C)C(C)(C)O3)c(C(=O)OC)c2)ncc1C(F)(F)F. The number of carbonyl (C=O) groups excluding carboxylic acids is 1. The lowest BCUT2D eigenvalue weighted by Gasteiger charge is -2.32. The third-order valence-corrected chi connectivity index (χ3v) is 6.70. The summed E-state index contributed by atoms with van der Waals surface area (Å²) in [6, 6.07) is 2.10. The van der Waals surface area contributed by atoms with Gasteiger partial charge in [-0.2, -0.15) is 18.2 Å². The molecule has 0 radical (unpaired) electrons. The summed E-state index contributed by atoms with van der Waals surface area (Å²) in [6.07, 6.45) is -2.87. The van der Waals surface area contributed by atoms with Gasteiger partial charge in [-0.3, -0.25) is 0 Å². The molecule has 37 heavy (non-hydrogen) atoms. The highest BCUT2D eigenvalue weighted by molar-refractivity contribution is 6.63. The van der Waals surface area contributed by atoms with Gasteiger partial charge in [-0.15, -0.1) is 0 Å². The van der Waals surface area contributed by atoms with E-state index in [1.54, 1.807) is 27.7 Å². The first-order chi connectivity index (χ1) is 17.1. The van der Waals surface area contributed by atoms with Crippen LogP contribution in [-0.2, 0) is 20.2 Å². The van der Waals surface area contributed by atoms with Crippen molar-refractivity contribution in [2.24, 2.45) is 0 Å². The number of nitrogens with zero attached hydrogens (tertiary/aromatic N) is 2. The Morgan fingerprint density at radius 2 is 1.73 bits per heavy atom. The number of halogens is 4. The summed E-state index contributed by atoms with van der Waals surface area (Å²) in [7, 11) is -0.0466. The fourth-order valence-corrected chi connectivity index (χ4v) is 3.74. The second kappa shape index (κ2) is 10.4. The lowest BCUT2D eigenvalue weighted by molar-refractivity contribution is -0.137. The van der Waals surface area contributed by atoms with E-state index in [1.807, 2.05) is 13.8 Å². The molecule has 2 N–H and O–H groups in total. The number of benzene rings is 1. The monoisotopic (exact) mass is 526 g/mol. The Morgan fingerprint density at radius 1 is 1.14 bits per heavy atom. The molecule has 2 heterocycles. The third-order valence-electron chi connectivity index (χ3n) is 6.70. The van der Waals surface area contributed by atoms with E-state index >= 15 is 4.39 Å². The molecule has 1 aliphatic rings. The average molecular weight is 526 g/mol. The van der Waals surface area contributed by atoms with E-state index in [2.05, 4.69) is 20.6 Å². The molecular formula is C24H31BF4N4O4. The number of hydrogen-bond acceptors (Lipinski definition) is 8. The molecule has 1 aliphatic heterocycles. The number of methoxy groups -OCH3 is 1. The van der Waals surface area contributed by atoms with Crippen LogP contribution in [0.5, 0.6) is 0 Å². The fraction of sp³-hybridized carbons (Fsp3) is 0.542. The van der Waals surface area contributed by atoms with E-state index in [9.17, 15) is 18.0 Å². The number of carbonyl (C=O) groups is 1. The van der Waals surface area contributed by atoms with Crippen LogP contribution in [0.25, 0.3) is 0 Å². The van der Waals surface area contributed by atoms with Gasteiger partial charge in [-0.05, 0) is 52.7 Å². The van der Waals surface area contributed by atoms with Crippen molar-refractivity contribution in [3.8, 4) is 0 Å². The number of rotatable bonds is 8. The zero-order valence-corrected chi connectivity index (χ0v) is 21.8. The number of alkyl halides is 3. The van der Waals surface area contributed by atoms with E-state index in [4.69, 9.17) is 14.0 Å². The highest BCUT2D eigenvalue weighted by atomic mass is 19.4. The Balaban J connectivity index is 2.02. The van der Waals surface area contributed by atoms with Gasteiger partial charge in [-0.25, -0.2) is 14.2 Å². The first kappa shape index (κ1) is 28.6. The van der Waals surface area contributed by atoms with Crippen LogP contribution < -0.4 is 16.1 Å². The topological polar surface area (TPSA) is 94.6 Å². The third kappa shape index (κ3) is 5.98. The number of hydrogen-bond donors (Lipinski definition) is 2. The lowest BCUT2D eigenvalue weighted by Crippen LogP contribution is -2.41. The van der Waals surface area contributed by atoms with Crippen LogP contribution in [0.15, 0.2) is 18.3 Å². The summed E-state index contributed by atoms with van der Waals surface area (Å²) >= 11 is 0. The van der Waals surface area contributed by atoms with Gasteiger partial charge in [0.2, 0.25) is 5.95 Å². The van der Waals surface area contributed by atoms with Crippen LogP contribution in [0.3, 0.4) is 0 Å². The molecule has 13 heteroatoms. The van der Waals surface area contributed by atoms with Gasteiger partial charge in [0.15, 0.2) is 0 Å². The average Bonchev–Trinajstić information content (AvgIpc) is 3.01. The van der Waals surface area contributed by atoms with E-state index in [0.29, 0.717) is 19.0 Å². The van der Waals surface area contributed by atoms with Crippen molar-refractivity contribution in [2.45, 2.75) is 77.8 Å². The molecule has 0 aliphatic carbocycles. The Labute approximate surface area is 213 Å². The molecule has 0 spiro atoms. The Kier molecular flexibility index (Phi) is 8.09. The first-order valence-corrected chi connectivity index (χ1v) is 11.9. The summed E-state index contributed by atoms with van der Waals surface area (Å²) in [5.74, 6) is -2.32. The van der Waals surface area contributed by atoms with E-state index in [-0.39, 0.29) is 28.7 Å². The summed E-state index contributed by atoms with van der Waals surface area (Å²) < 4.78 is 72.7. The largest absolute Gasteiger partial charge is 0.498 e. The van der Waals surface area contributed by atoms with Crippen LogP contribution in [0.2, 0.25) is 0 Å².